The molecule has 0 saturated carbocycles. The van der Waals surface area contributed by atoms with Crippen molar-refractivity contribution in [3.63, 3.8) is 0 Å². The van der Waals surface area contributed by atoms with Gasteiger partial charge in [-0.3, -0.25) is 0 Å². The van der Waals surface area contributed by atoms with E-state index in [0.29, 0.717) is 22.3 Å². The Bertz CT molecular complexity index is 759. The summed E-state index contributed by atoms with van der Waals surface area (Å²) in [6.45, 7) is 0. The van der Waals surface area contributed by atoms with E-state index in [-0.39, 0.29) is 11.6 Å². The van der Waals surface area contributed by atoms with Crippen molar-refractivity contribution in [3.8, 4) is 22.3 Å². The van der Waals surface area contributed by atoms with Gasteiger partial charge in [0, 0.05) is 5.56 Å². The van der Waals surface area contributed by atoms with Crippen LogP contribution in [0.25, 0.3) is 22.3 Å². The molecule has 0 amide bonds. The molecular weight excluding hydrogens is 273 g/mol. The molecule has 0 bridgehead atoms. The lowest BCUT2D eigenvalue weighted by Crippen LogP contribution is -1.90. The SMILES string of the molecule is Fc1ccc(-c2cccc(F)c2-c2ccc(F)cc2)cc1. The van der Waals surface area contributed by atoms with E-state index >= 15 is 0 Å². The molecule has 3 rings (SSSR count). The van der Waals surface area contributed by atoms with Gasteiger partial charge in [0.2, 0.25) is 0 Å². The summed E-state index contributed by atoms with van der Waals surface area (Å²) in [5.41, 5.74) is 2.30. The summed E-state index contributed by atoms with van der Waals surface area (Å²) in [5.74, 6) is -1.12. The van der Waals surface area contributed by atoms with E-state index in [1.807, 2.05) is 0 Å². The van der Waals surface area contributed by atoms with Crippen molar-refractivity contribution in [2.24, 2.45) is 0 Å². The molecule has 0 aromatic heterocycles. The predicted octanol–water partition coefficient (Wildman–Crippen LogP) is 5.44. The maximum atomic E-state index is 14.2. The van der Waals surface area contributed by atoms with Crippen LogP contribution in [0, 0.1) is 17.5 Å². The van der Waals surface area contributed by atoms with Gasteiger partial charge in [0.05, 0.1) is 0 Å². The molecule has 104 valence electrons. The Kier molecular flexibility index (Phi) is 3.48. The van der Waals surface area contributed by atoms with Crippen molar-refractivity contribution in [3.05, 3.63) is 84.2 Å². The van der Waals surface area contributed by atoms with Crippen LogP contribution in [0.5, 0.6) is 0 Å². The Morgan fingerprint density at radius 1 is 0.524 bits per heavy atom. The minimum atomic E-state index is -0.400. The Labute approximate surface area is 120 Å². The molecule has 3 aromatic rings. The summed E-state index contributed by atoms with van der Waals surface area (Å²) in [6, 6.07) is 16.2. The van der Waals surface area contributed by atoms with Crippen molar-refractivity contribution < 1.29 is 13.2 Å². The first-order valence-electron chi connectivity index (χ1n) is 6.45. The molecule has 0 atom stereocenters. The first-order chi connectivity index (χ1) is 10.1. The molecule has 0 nitrogen and oxygen atoms in total. The summed E-state index contributed by atoms with van der Waals surface area (Å²) in [7, 11) is 0. The van der Waals surface area contributed by atoms with Crippen molar-refractivity contribution in [2.45, 2.75) is 0 Å². The van der Waals surface area contributed by atoms with Crippen LogP contribution in [0.15, 0.2) is 66.7 Å². The summed E-state index contributed by atoms with van der Waals surface area (Å²) in [6.07, 6.45) is 0. The first-order valence-corrected chi connectivity index (χ1v) is 6.45. The van der Waals surface area contributed by atoms with Crippen LogP contribution in [0.4, 0.5) is 13.2 Å². The van der Waals surface area contributed by atoms with Crippen LogP contribution in [0.1, 0.15) is 0 Å². The fourth-order valence-electron chi connectivity index (χ4n) is 2.30. The zero-order chi connectivity index (χ0) is 14.8. The van der Waals surface area contributed by atoms with Crippen LogP contribution in [-0.4, -0.2) is 0 Å². The standard InChI is InChI=1S/C18H11F3/c19-14-8-4-12(5-9-14)16-2-1-3-17(21)18(16)13-6-10-15(20)11-7-13/h1-11H. The average molecular weight is 284 g/mol. The van der Waals surface area contributed by atoms with Crippen LogP contribution in [0.2, 0.25) is 0 Å². The summed E-state index contributed by atoms with van der Waals surface area (Å²) < 4.78 is 40.3. The van der Waals surface area contributed by atoms with Crippen molar-refractivity contribution in [1.82, 2.24) is 0 Å². The van der Waals surface area contributed by atoms with Crippen LogP contribution in [-0.2, 0) is 0 Å². The Hall–Kier alpha value is -2.55. The number of halogens is 3. The molecule has 3 heteroatoms. The van der Waals surface area contributed by atoms with Crippen molar-refractivity contribution in [1.29, 1.82) is 0 Å². The Balaban J connectivity index is 2.20. The van der Waals surface area contributed by atoms with Gasteiger partial charge >= 0.3 is 0 Å². The molecule has 0 aliphatic carbocycles. The molecule has 21 heavy (non-hydrogen) atoms. The van der Waals surface area contributed by atoms with Crippen LogP contribution < -0.4 is 0 Å². The second-order valence-corrected chi connectivity index (χ2v) is 4.68. The smallest absolute Gasteiger partial charge is 0.131 e. The van der Waals surface area contributed by atoms with E-state index in [2.05, 4.69) is 0 Å². The molecule has 0 saturated heterocycles. The molecule has 0 radical (unpaired) electrons. The summed E-state index contributed by atoms with van der Waals surface area (Å²) >= 11 is 0. The van der Waals surface area contributed by atoms with E-state index in [4.69, 9.17) is 0 Å². The topological polar surface area (TPSA) is 0 Å². The fraction of sp³-hybridized carbons (Fsp3) is 0. The lowest BCUT2D eigenvalue weighted by Gasteiger charge is -2.11. The minimum Gasteiger partial charge on any atom is -0.207 e. The van der Waals surface area contributed by atoms with E-state index in [9.17, 15) is 13.2 Å². The van der Waals surface area contributed by atoms with Gasteiger partial charge in [-0.2, -0.15) is 0 Å². The molecule has 0 aliphatic heterocycles. The number of rotatable bonds is 2. The monoisotopic (exact) mass is 284 g/mol. The third-order valence-corrected chi connectivity index (χ3v) is 3.30. The van der Waals surface area contributed by atoms with E-state index < -0.39 is 5.82 Å². The maximum Gasteiger partial charge on any atom is 0.131 e. The van der Waals surface area contributed by atoms with E-state index in [1.54, 1.807) is 24.3 Å². The maximum absolute atomic E-state index is 14.2. The number of hydrogen-bond donors (Lipinski definition) is 0. The zero-order valence-corrected chi connectivity index (χ0v) is 11.0. The van der Waals surface area contributed by atoms with Gasteiger partial charge in [0.25, 0.3) is 0 Å². The minimum absolute atomic E-state index is 0.349. The van der Waals surface area contributed by atoms with E-state index in [0.717, 1.165) is 0 Å². The van der Waals surface area contributed by atoms with Gasteiger partial charge in [-0.05, 0) is 47.0 Å². The molecule has 0 N–H and O–H groups in total. The molecule has 0 aliphatic rings. The van der Waals surface area contributed by atoms with Gasteiger partial charge in [-0.1, -0.05) is 36.4 Å². The van der Waals surface area contributed by atoms with Gasteiger partial charge < -0.3 is 0 Å². The Morgan fingerprint density at radius 3 is 1.62 bits per heavy atom. The molecule has 0 fully saturated rings. The quantitative estimate of drug-likeness (QED) is 0.588. The van der Waals surface area contributed by atoms with Crippen LogP contribution in [0.3, 0.4) is 0 Å². The largest absolute Gasteiger partial charge is 0.207 e. The lowest BCUT2D eigenvalue weighted by atomic mass is 9.94. The molecular formula is C18H11F3. The molecule has 0 heterocycles. The van der Waals surface area contributed by atoms with Gasteiger partial charge in [0.1, 0.15) is 17.5 Å². The molecule has 0 spiro atoms. The highest BCUT2D eigenvalue weighted by molar-refractivity contribution is 5.83. The highest BCUT2D eigenvalue weighted by Crippen LogP contribution is 2.34. The van der Waals surface area contributed by atoms with Crippen LogP contribution >= 0.6 is 0 Å². The molecule has 0 unspecified atom stereocenters. The Morgan fingerprint density at radius 2 is 1.05 bits per heavy atom. The second kappa shape index (κ2) is 5.44. The summed E-state index contributed by atoms with van der Waals surface area (Å²) in [5, 5.41) is 0. The highest BCUT2D eigenvalue weighted by atomic mass is 19.1. The number of hydrogen-bond acceptors (Lipinski definition) is 0. The molecule has 3 aromatic carbocycles. The first kappa shape index (κ1) is 13.4. The van der Waals surface area contributed by atoms with Gasteiger partial charge in [-0.25, -0.2) is 13.2 Å². The van der Waals surface area contributed by atoms with E-state index in [1.165, 1.54) is 42.5 Å². The van der Waals surface area contributed by atoms with Crippen molar-refractivity contribution >= 4 is 0 Å². The highest BCUT2D eigenvalue weighted by Gasteiger charge is 2.12. The average Bonchev–Trinajstić information content (AvgIpc) is 2.49. The zero-order valence-electron chi connectivity index (χ0n) is 11.0. The van der Waals surface area contributed by atoms with Gasteiger partial charge in [0.15, 0.2) is 0 Å². The van der Waals surface area contributed by atoms with Gasteiger partial charge in [-0.15, -0.1) is 0 Å². The third kappa shape index (κ3) is 2.68. The predicted molar refractivity (Wildman–Crippen MR) is 77.2 cm³/mol. The summed E-state index contributed by atoms with van der Waals surface area (Å²) in [4.78, 5) is 0. The lowest BCUT2D eigenvalue weighted by molar-refractivity contribution is 0.625. The normalized spacial score (nSPS) is 10.6. The second-order valence-electron chi connectivity index (χ2n) is 4.68. The number of benzene rings is 3. The fourth-order valence-corrected chi connectivity index (χ4v) is 2.30. The third-order valence-electron chi connectivity index (χ3n) is 3.30. The van der Waals surface area contributed by atoms with Crippen molar-refractivity contribution in [2.75, 3.05) is 0 Å².